The molecule has 0 unspecified atom stereocenters. The topological polar surface area (TPSA) is 22.1 Å². The van der Waals surface area contributed by atoms with Crippen molar-refractivity contribution < 1.29 is 13.5 Å². The molecule has 0 bridgehead atoms. The van der Waals surface area contributed by atoms with Crippen molar-refractivity contribution in [1.29, 1.82) is 0 Å². The van der Waals surface area contributed by atoms with Gasteiger partial charge in [-0.25, -0.2) is 8.78 Å². The van der Waals surface area contributed by atoms with Gasteiger partial charge in [0, 0.05) is 11.8 Å². The lowest BCUT2D eigenvalue weighted by atomic mass is 10.2. The normalized spacial score (nSPS) is 10.3. The fourth-order valence-electron chi connectivity index (χ4n) is 1.43. The van der Waals surface area contributed by atoms with Crippen LogP contribution < -0.4 is 4.74 Å². The molecule has 0 spiro atoms. The summed E-state index contributed by atoms with van der Waals surface area (Å²) in [5.74, 6) is -0.665. The maximum Gasteiger partial charge on any atom is 0.167 e. The Morgan fingerprint density at radius 2 is 2.06 bits per heavy atom. The van der Waals surface area contributed by atoms with Gasteiger partial charge in [-0.05, 0) is 24.6 Å². The standard InChI is InChI=1S/C13H11F2NO/c1-9-3-2-4-12(13(9)15)17-8-10-5-11(14)7-16-6-10/h2-7H,8H2,1H3. The fourth-order valence-corrected chi connectivity index (χ4v) is 1.43. The third-order valence-corrected chi connectivity index (χ3v) is 2.31. The number of halogens is 2. The summed E-state index contributed by atoms with van der Waals surface area (Å²) < 4.78 is 31.7. The first-order valence-electron chi connectivity index (χ1n) is 5.14. The van der Waals surface area contributed by atoms with E-state index in [-0.39, 0.29) is 12.4 Å². The first-order valence-corrected chi connectivity index (χ1v) is 5.14. The van der Waals surface area contributed by atoms with E-state index < -0.39 is 11.6 Å². The minimum atomic E-state index is -0.434. The molecule has 0 amide bonds. The summed E-state index contributed by atoms with van der Waals surface area (Å²) in [5, 5.41) is 0. The van der Waals surface area contributed by atoms with Crippen molar-refractivity contribution in [2.45, 2.75) is 13.5 Å². The number of pyridine rings is 1. The van der Waals surface area contributed by atoms with Crippen molar-refractivity contribution in [2.24, 2.45) is 0 Å². The third-order valence-electron chi connectivity index (χ3n) is 2.31. The molecule has 0 saturated carbocycles. The molecule has 0 aliphatic heterocycles. The molecule has 88 valence electrons. The van der Waals surface area contributed by atoms with Crippen molar-refractivity contribution in [1.82, 2.24) is 4.98 Å². The average molecular weight is 235 g/mol. The Kier molecular flexibility index (Phi) is 3.32. The van der Waals surface area contributed by atoms with Gasteiger partial charge in [-0.3, -0.25) is 4.98 Å². The number of rotatable bonds is 3. The van der Waals surface area contributed by atoms with Gasteiger partial charge in [0.2, 0.25) is 0 Å². The zero-order chi connectivity index (χ0) is 12.3. The van der Waals surface area contributed by atoms with Crippen LogP contribution in [0.2, 0.25) is 0 Å². The van der Waals surface area contributed by atoms with Gasteiger partial charge in [0.1, 0.15) is 12.4 Å². The van der Waals surface area contributed by atoms with Crippen LogP contribution in [0.4, 0.5) is 8.78 Å². The Hall–Kier alpha value is -1.97. The lowest BCUT2D eigenvalue weighted by Gasteiger charge is -2.08. The summed E-state index contributed by atoms with van der Waals surface area (Å²) in [4.78, 5) is 3.69. The van der Waals surface area contributed by atoms with Gasteiger partial charge < -0.3 is 4.74 Å². The lowest BCUT2D eigenvalue weighted by molar-refractivity contribution is 0.288. The molecular formula is C13H11F2NO. The summed E-state index contributed by atoms with van der Waals surface area (Å²) >= 11 is 0. The Morgan fingerprint density at radius 1 is 1.24 bits per heavy atom. The van der Waals surface area contributed by atoms with Crippen LogP contribution in [0.25, 0.3) is 0 Å². The number of hydrogen-bond acceptors (Lipinski definition) is 2. The molecule has 0 N–H and O–H groups in total. The predicted octanol–water partition coefficient (Wildman–Crippen LogP) is 3.25. The van der Waals surface area contributed by atoms with Crippen LogP contribution in [0.15, 0.2) is 36.7 Å². The molecular weight excluding hydrogens is 224 g/mol. The van der Waals surface area contributed by atoms with Crippen LogP contribution in [0.3, 0.4) is 0 Å². The van der Waals surface area contributed by atoms with Gasteiger partial charge in [-0.1, -0.05) is 12.1 Å². The van der Waals surface area contributed by atoms with E-state index in [0.29, 0.717) is 11.1 Å². The number of benzene rings is 1. The molecule has 0 saturated heterocycles. The van der Waals surface area contributed by atoms with Crippen LogP contribution in [-0.4, -0.2) is 4.98 Å². The molecule has 2 rings (SSSR count). The Bertz CT molecular complexity index is 529. The second-order valence-corrected chi connectivity index (χ2v) is 3.69. The van der Waals surface area contributed by atoms with E-state index in [1.807, 2.05) is 0 Å². The van der Waals surface area contributed by atoms with Crippen molar-refractivity contribution in [3.63, 3.8) is 0 Å². The highest BCUT2D eigenvalue weighted by Gasteiger charge is 2.06. The molecule has 2 nitrogen and oxygen atoms in total. The molecule has 0 radical (unpaired) electrons. The fraction of sp³-hybridized carbons (Fsp3) is 0.154. The maximum atomic E-state index is 13.6. The summed E-state index contributed by atoms with van der Waals surface area (Å²) in [6.45, 7) is 1.75. The SMILES string of the molecule is Cc1cccc(OCc2cncc(F)c2)c1F. The minimum absolute atomic E-state index is 0.0884. The first kappa shape index (κ1) is 11.5. The van der Waals surface area contributed by atoms with Crippen LogP contribution in [0.5, 0.6) is 5.75 Å². The van der Waals surface area contributed by atoms with Crippen LogP contribution in [0.1, 0.15) is 11.1 Å². The van der Waals surface area contributed by atoms with Gasteiger partial charge >= 0.3 is 0 Å². The highest BCUT2D eigenvalue weighted by molar-refractivity contribution is 5.30. The number of nitrogens with zero attached hydrogens (tertiary/aromatic N) is 1. The highest BCUT2D eigenvalue weighted by Crippen LogP contribution is 2.20. The Morgan fingerprint density at radius 3 is 2.82 bits per heavy atom. The highest BCUT2D eigenvalue weighted by atomic mass is 19.1. The van der Waals surface area contributed by atoms with Crippen LogP contribution in [0, 0.1) is 18.6 Å². The van der Waals surface area contributed by atoms with Gasteiger partial charge in [-0.15, -0.1) is 0 Å². The summed E-state index contributed by atoms with van der Waals surface area (Å²) in [6.07, 6.45) is 2.59. The Balaban J connectivity index is 2.10. The smallest absolute Gasteiger partial charge is 0.167 e. The number of hydrogen-bond donors (Lipinski definition) is 0. The number of ether oxygens (including phenoxy) is 1. The van der Waals surface area contributed by atoms with E-state index in [0.717, 1.165) is 6.20 Å². The van der Waals surface area contributed by atoms with Gasteiger partial charge in [0.15, 0.2) is 11.6 Å². The summed E-state index contributed by atoms with van der Waals surface area (Å²) in [5.41, 5.74) is 1.07. The van der Waals surface area contributed by atoms with E-state index in [9.17, 15) is 8.78 Å². The van der Waals surface area contributed by atoms with Crippen LogP contribution in [-0.2, 0) is 6.61 Å². The van der Waals surface area contributed by atoms with E-state index >= 15 is 0 Å². The average Bonchev–Trinajstić information content (AvgIpc) is 2.31. The predicted molar refractivity (Wildman–Crippen MR) is 59.7 cm³/mol. The molecule has 2 aromatic rings. The lowest BCUT2D eigenvalue weighted by Crippen LogP contribution is -1.99. The first-order chi connectivity index (χ1) is 8.16. The second-order valence-electron chi connectivity index (χ2n) is 3.69. The third kappa shape index (κ3) is 2.78. The van der Waals surface area contributed by atoms with Crippen molar-refractivity contribution in [3.05, 3.63) is 59.4 Å². The van der Waals surface area contributed by atoms with E-state index in [2.05, 4.69) is 4.98 Å². The summed E-state index contributed by atoms with van der Waals surface area (Å²) in [6, 6.07) is 6.21. The van der Waals surface area contributed by atoms with E-state index in [1.165, 1.54) is 18.3 Å². The van der Waals surface area contributed by atoms with Crippen molar-refractivity contribution in [3.8, 4) is 5.75 Å². The van der Waals surface area contributed by atoms with Gasteiger partial charge in [0.25, 0.3) is 0 Å². The molecule has 1 heterocycles. The maximum absolute atomic E-state index is 13.6. The molecule has 0 aliphatic carbocycles. The second kappa shape index (κ2) is 4.91. The minimum Gasteiger partial charge on any atom is -0.486 e. The van der Waals surface area contributed by atoms with Gasteiger partial charge in [-0.2, -0.15) is 0 Å². The molecule has 0 fully saturated rings. The molecule has 0 atom stereocenters. The molecule has 0 aliphatic rings. The van der Waals surface area contributed by atoms with Crippen molar-refractivity contribution in [2.75, 3.05) is 0 Å². The number of aromatic nitrogens is 1. The molecule has 4 heteroatoms. The Labute approximate surface area is 97.9 Å². The van der Waals surface area contributed by atoms with Crippen LogP contribution >= 0.6 is 0 Å². The molecule has 1 aromatic carbocycles. The zero-order valence-electron chi connectivity index (χ0n) is 9.28. The summed E-state index contributed by atoms with van der Waals surface area (Å²) in [7, 11) is 0. The van der Waals surface area contributed by atoms with E-state index in [4.69, 9.17) is 4.74 Å². The van der Waals surface area contributed by atoms with Gasteiger partial charge in [0.05, 0.1) is 6.20 Å². The van der Waals surface area contributed by atoms with E-state index in [1.54, 1.807) is 19.1 Å². The quantitative estimate of drug-likeness (QED) is 0.814. The largest absolute Gasteiger partial charge is 0.486 e. The molecule has 17 heavy (non-hydrogen) atoms. The monoisotopic (exact) mass is 235 g/mol. The molecule has 1 aromatic heterocycles. The number of aryl methyl sites for hydroxylation is 1. The zero-order valence-corrected chi connectivity index (χ0v) is 9.28. The van der Waals surface area contributed by atoms with Crippen molar-refractivity contribution >= 4 is 0 Å².